The van der Waals surface area contributed by atoms with E-state index in [0.29, 0.717) is 17.5 Å². The zero-order valence-corrected chi connectivity index (χ0v) is 21.0. The number of aromatic nitrogens is 2. The van der Waals surface area contributed by atoms with Gasteiger partial charge in [-0.1, -0.05) is 6.07 Å². The van der Waals surface area contributed by atoms with E-state index in [4.69, 9.17) is 4.74 Å². The molecule has 12 nitrogen and oxygen atoms in total. The molecular weight excluding hydrogens is 476 g/mol. The Morgan fingerprint density at radius 1 is 1.14 bits per heavy atom. The Balaban J connectivity index is 1.40. The van der Waals surface area contributed by atoms with E-state index >= 15 is 0 Å². The van der Waals surface area contributed by atoms with Crippen LogP contribution in [0.1, 0.15) is 12.8 Å². The molecule has 0 saturated carbocycles. The molecule has 0 atom stereocenters. The highest BCUT2D eigenvalue weighted by Crippen LogP contribution is 2.33. The Bertz CT molecular complexity index is 1260. The lowest BCUT2D eigenvalue weighted by atomic mass is 10.0. The van der Waals surface area contributed by atoms with Gasteiger partial charge in [0.1, 0.15) is 11.6 Å². The third-order valence-electron chi connectivity index (χ3n) is 6.20. The molecule has 0 aliphatic carbocycles. The number of hydrogen-bond donors (Lipinski definition) is 3. The fraction of sp³-hybridized carbons (Fsp3) is 0.320. The number of rotatable bonds is 8. The molecule has 37 heavy (non-hydrogen) atoms. The monoisotopic (exact) mass is 506 g/mol. The predicted octanol–water partition coefficient (Wildman–Crippen LogP) is 4.31. The molecule has 0 unspecified atom stereocenters. The zero-order valence-electron chi connectivity index (χ0n) is 21.0. The summed E-state index contributed by atoms with van der Waals surface area (Å²) in [7, 11) is 5.86. The molecule has 1 fully saturated rings. The summed E-state index contributed by atoms with van der Waals surface area (Å²) in [4.78, 5) is 36.0. The molecule has 3 N–H and O–H groups in total. The maximum absolute atomic E-state index is 12.4. The van der Waals surface area contributed by atoms with Gasteiger partial charge in [-0.25, -0.2) is 9.78 Å². The number of piperidine rings is 1. The van der Waals surface area contributed by atoms with Crippen molar-refractivity contribution in [3.63, 3.8) is 0 Å². The molecule has 2 aromatic carbocycles. The van der Waals surface area contributed by atoms with Crippen molar-refractivity contribution in [1.29, 1.82) is 0 Å². The minimum absolute atomic E-state index is 0.121. The van der Waals surface area contributed by atoms with Gasteiger partial charge in [0, 0.05) is 54.9 Å². The van der Waals surface area contributed by atoms with Crippen LogP contribution in [0.5, 0.6) is 5.75 Å². The summed E-state index contributed by atoms with van der Waals surface area (Å²) in [6.07, 6.45) is 3.73. The SMILES string of the molecule is COc1cc(N2CCC(N(C)C)CC2)ccc1Nc1nccc(NC(=O)Nc2cccc([N+](=O)[O-])c2)n1. The lowest BCUT2D eigenvalue weighted by molar-refractivity contribution is -0.384. The molecule has 1 aliphatic heterocycles. The number of nitrogens with zero attached hydrogens (tertiary/aromatic N) is 5. The lowest BCUT2D eigenvalue weighted by Gasteiger charge is -2.36. The molecule has 0 bridgehead atoms. The van der Waals surface area contributed by atoms with Crippen LogP contribution in [0.4, 0.5) is 39.3 Å². The first-order valence-corrected chi connectivity index (χ1v) is 11.8. The molecule has 3 aromatic rings. The van der Waals surface area contributed by atoms with Crippen molar-refractivity contribution in [2.45, 2.75) is 18.9 Å². The molecule has 1 saturated heterocycles. The average molecular weight is 507 g/mol. The van der Waals surface area contributed by atoms with Gasteiger partial charge in [-0.05, 0) is 51.2 Å². The van der Waals surface area contributed by atoms with Gasteiger partial charge >= 0.3 is 6.03 Å². The number of amides is 2. The van der Waals surface area contributed by atoms with Crippen molar-refractivity contribution in [2.24, 2.45) is 0 Å². The Labute approximate surface area is 214 Å². The van der Waals surface area contributed by atoms with Gasteiger partial charge in [0.2, 0.25) is 5.95 Å². The quantitative estimate of drug-likeness (QED) is 0.301. The number of non-ortho nitro benzene ring substituents is 1. The molecule has 2 heterocycles. The minimum atomic E-state index is -0.592. The topological polar surface area (TPSA) is 138 Å². The Morgan fingerprint density at radius 2 is 1.92 bits per heavy atom. The van der Waals surface area contributed by atoms with E-state index < -0.39 is 11.0 Å². The van der Waals surface area contributed by atoms with Crippen molar-refractivity contribution >= 4 is 40.5 Å². The molecule has 2 amide bonds. The molecule has 194 valence electrons. The standard InChI is InChI=1S/C25H30N8O4/c1-31(2)18-10-13-32(14-11-18)19-7-8-21(22(16-19)37-3)28-24-26-12-9-23(29-24)30-25(34)27-17-5-4-6-20(15-17)33(35)36/h4-9,12,15-16,18H,10-11,13-14H2,1-3H3,(H3,26,27,28,29,30,34). The van der Waals surface area contributed by atoms with Crippen LogP contribution in [0.3, 0.4) is 0 Å². The summed E-state index contributed by atoms with van der Waals surface area (Å²) < 4.78 is 5.62. The molecular formula is C25H30N8O4. The maximum Gasteiger partial charge on any atom is 0.324 e. The van der Waals surface area contributed by atoms with Crippen LogP contribution < -0.4 is 25.6 Å². The largest absolute Gasteiger partial charge is 0.494 e. The van der Waals surface area contributed by atoms with Crippen LogP contribution in [0.15, 0.2) is 54.7 Å². The number of carbonyl (C=O) groups is 1. The second kappa shape index (κ2) is 11.5. The number of urea groups is 1. The Hall–Kier alpha value is -4.45. The Morgan fingerprint density at radius 3 is 2.62 bits per heavy atom. The third-order valence-corrected chi connectivity index (χ3v) is 6.20. The number of methoxy groups -OCH3 is 1. The maximum atomic E-state index is 12.4. The highest BCUT2D eigenvalue weighted by molar-refractivity contribution is 5.99. The molecule has 1 aromatic heterocycles. The number of ether oxygens (including phenoxy) is 1. The first kappa shape index (κ1) is 25.6. The van der Waals surface area contributed by atoms with Crippen LogP contribution in [-0.4, -0.2) is 66.2 Å². The van der Waals surface area contributed by atoms with E-state index in [-0.39, 0.29) is 23.1 Å². The molecule has 1 aliphatic rings. The van der Waals surface area contributed by atoms with Crippen molar-refractivity contribution in [3.8, 4) is 5.75 Å². The second-order valence-corrected chi connectivity index (χ2v) is 8.84. The summed E-state index contributed by atoms with van der Waals surface area (Å²) in [6, 6.07) is 13.2. The van der Waals surface area contributed by atoms with Crippen molar-refractivity contribution in [2.75, 3.05) is 55.1 Å². The smallest absolute Gasteiger partial charge is 0.324 e. The summed E-state index contributed by atoms with van der Waals surface area (Å²) >= 11 is 0. The van der Waals surface area contributed by atoms with Gasteiger partial charge in [0.25, 0.3) is 5.69 Å². The number of hydrogen-bond acceptors (Lipinski definition) is 9. The van der Waals surface area contributed by atoms with Gasteiger partial charge in [-0.2, -0.15) is 4.98 Å². The second-order valence-electron chi connectivity index (χ2n) is 8.84. The number of benzene rings is 2. The highest BCUT2D eigenvalue weighted by Gasteiger charge is 2.21. The van der Waals surface area contributed by atoms with Gasteiger partial charge < -0.3 is 25.2 Å². The fourth-order valence-electron chi connectivity index (χ4n) is 4.21. The highest BCUT2D eigenvalue weighted by atomic mass is 16.6. The number of nitro groups is 1. The summed E-state index contributed by atoms with van der Waals surface area (Å²) in [6.45, 7) is 1.96. The summed E-state index contributed by atoms with van der Waals surface area (Å²) in [5.41, 5.74) is 1.94. The van der Waals surface area contributed by atoms with E-state index in [9.17, 15) is 14.9 Å². The van der Waals surface area contributed by atoms with E-state index in [2.05, 4.69) is 49.8 Å². The first-order chi connectivity index (χ1) is 17.8. The van der Waals surface area contributed by atoms with Crippen LogP contribution in [0.2, 0.25) is 0 Å². The van der Waals surface area contributed by atoms with E-state index in [1.807, 2.05) is 18.2 Å². The number of anilines is 5. The van der Waals surface area contributed by atoms with Crippen LogP contribution in [0.25, 0.3) is 0 Å². The average Bonchev–Trinajstić information content (AvgIpc) is 2.89. The predicted molar refractivity (Wildman–Crippen MR) is 143 cm³/mol. The van der Waals surface area contributed by atoms with E-state index in [0.717, 1.165) is 31.6 Å². The van der Waals surface area contributed by atoms with Crippen LogP contribution in [-0.2, 0) is 0 Å². The van der Waals surface area contributed by atoms with Gasteiger partial charge in [0.05, 0.1) is 17.7 Å². The summed E-state index contributed by atoms with van der Waals surface area (Å²) in [5, 5.41) is 19.2. The molecule has 4 rings (SSSR count). The summed E-state index contributed by atoms with van der Waals surface area (Å²) in [5.74, 6) is 1.17. The van der Waals surface area contributed by atoms with Crippen molar-refractivity contribution in [3.05, 3.63) is 64.8 Å². The zero-order chi connectivity index (χ0) is 26.4. The third kappa shape index (κ3) is 6.61. The van der Waals surface area contributed by atoms with Crippen molar-refractivity contribution < 1.29 is 14.5 Å². The minimum Gasteiger partial charge on any atom is -0.494 e. The van der Waals surface area contributed by atoms with Crippen LogP contribution in [0, 0.1) is 10.1 Å². The van der Waals surface area contributed by atoms with Crippen LogP contribution >= 0.6 is 0 Å². The number of nitro benzene ring substituents is 1. The number of nitrogens with one attached hydrogen (secondary N) is 3. The Kier molecular flexibility index (Phi) is 7.98. The van der Waals surface area contributed by atoms with Crippen molar-refractivity contribution in [1.82, 2.24) is 14.9 Å². The van der Waals surface area contributed by atoms with Gasteiger partial charge in [-0.3, -0.25) is 15.4 Å². The molecule has 0 spiro atoms. The normalized spacial score (nSPS) is 13.8. The van der Waals surface area contributed by atoms with Gasteiger partial charge in [-0.15, -0.1) is 0 Å². The van der Waals surface area contributed by atoms with E-state index in [1.165, 1.54) is 30.5 Å². The fourth-order valence-corrected chi connectivity index (χ4v) is 4.21. The number of carbonyl (C=O) groups excluding carboxylic acids is 1. The van der Waals surface area contributed by atoms with Gasteiger partial charge in [0.15, 0.2) is 0 Å². The first-order valence-electron chi connectivity index (χ1n) is 11.8. The molecule has 0 radical (unpaired) electrons. The lowest BCUT2D eigenvalue weighted by Crippen LogP contribution is -2.41. The van der Waals surface area contributed by atoms with E-state index in [1.54, 1.807) is 13.2 Å². The molecule has 12 heteroatoms.